The van der Waals surface area contributed by atoms with Crippen molar-refractivity contribution < 1.29 is 9.18 Å². The molecule has 2 aromatic rings. The van der Waals surface area contributed by atoms with Crippen LogP contribution in [0.4, 0.5) is 10.1 Å². The number of nitrogens with one attached hydrogen (secondary N) is 2. The van der Waals surface area contributed by atoms with Crippen LogP contribution in [-0.2, 0) is 0 Å². The molecule has 0 bridgehead atoms. The maximum absolute atomic E-state index is 13.1. The molecule has 1 amide bonds. The first-order valence-electron chi connectivity index (χ1n) is 6.86. The summed E-state index contributed by atoms with van der Waals surface area (Å²) >= 11 is 0. The van der Waals surface area contributed by atoms with E-state index in [4.69, 9.17) is 0 Å². The number of anilines is 1. The van der Waals surface area contributed by atoms with Crippen LogP contribution in [0.2, 0.25) is 0 Å². The second-order valence-corrected chi connectivity index (χ2v) is 4.71. The summed E-state index contributed by atoms with van der Waals surface area (Å²) in [7, 11) is 0. The Hall–Kier alpha value is -2.27. The van der Waals surface area contributed by atoms with Gasteiger partial charge in [-0.05, 0) is 31.2 Å². The summed E-state index contributed by atoms with van der Waals surface area (Å²) in [4.78, 5) is 15.8. The Labute approximate surface area is 123 Å². The van der Waals surface area contributed by atoms with E-state index < -0.39 is 5.82 Å². The topological polar surface area (TPSA) is 54.0 Å². The molecule has 110 valence electrons. The Morgan fingerprint density at radius 3 is 2.81 bits per heavy atom. The second-order valence-electron chi connectivity index (χ2n) is 4.71. The summed E-state index contributed by atoms with van der Waals surface area (Å²) in [5.41, 5.74) is 1.89. The molecule has 0 saturated carbocycles. The molecule has 0 aliphatic heterocycles. The predicted molar refractivity (Wildman–Crippen MR) is 80.7 cm³/mol. The molecule has 2 rings (SSSR count). The van der Waals surface area contributed by atoms with Crippen LogP contribution < -0.4 is 10.6 Å². The number of halogens is 1. The van der Waals surface area contributed by atoms with Crippen molar-refractivity contribution in [3.05, 3.63) is 59.7 Å². The fourth-order valence-electron chi connectivity index (χ4n) is 2.14. The Kier molecular flexibility index (Phi) is 5.00. The highest BCUT2D eigenvalue weighted by atomic mass is 19.1. The number of carbonyl (C=O) groups excluding carboxylic acids is 1. The van der Waals surface area contributed by atoms with Gasteiger partial charge >= 0.3 is 0 Å². The molecule has 5 heteroatoms. The molecule has 1 aromatic heterocycles. The molecule has 0 aliphatic rings. The lowest BCUT2D eigenvalue weighted by Crippen LogP contribution is -2.20. The summed E-state index contributed by atoms with van der Waals surface area (Å²) in [6, 6.07) is 8.82. The highest BCUT2D eigenvalue weighted by Crippen LogP contribution is 2.23. The van der Waals surface area contributed by atoms with Gasteiger partial charge in [0, 0.05) is 17.9 Å². The number of rotatable bonds is 5. The van der Waals surface area contributed by atoms with E-state index in [0.717, 1.165) is 18.3 Å². The van der Waals surface area contributed by atoms with Crippen molar-refractivity contribution in [2.75, 3.05) is 11.9 Å². The van der Waals surface area contributed by atoms with Crippen molar-refractivity contribution in [2.45, 2.75) is 19.9 Å². The fourth-order valence-corrected chi connectivity index (χ4v) is 2.14. The SMILES string of the molecule is CCNC(C)c1ccccc1NC(=O)c1cncc(F)c1. The van der Waals surface area contributed by atoms with E-state index in [1.165, 1.54) is 12.3 Å². The molecule has 1 unspecified atom stereocenters. The van der Waals surface area contributed by atoms with Gasteiger partial charge in [-0.25, -0.2) is 4.39 Å². The van der Waals surface area contributed by atoms with Gasteiger partial charge in [0.2, 0.25) is 0 Å². The largest absolute Gasteiger partial charge is 0.322 e. The van der Waals surface area contributed by atoms with Crippen LogP contribution >= 0.6 is 0 Å². The first-order valence-corrected chi connectivity index (χ1v) is 6.86. The van der Waals surface area contributed by atoms with Crippen molar-refractivity contribution in [3.8, 4) is 0 Å². The number of carbonyl (C=O) groups is 1. The van der Waals surface area contributed by atoms with Gasteiger partial charge in [-0.1, -0.05) is 25.1 Å². The number of para-hydroxylation sites is 1. The van der Waals surface area contributed by atoms with Gasteiger partial charge in [0.15, 0.2) is 0 Å². The zero-order chi connectivity index (χ0) is 15.2. The van der Waals surface area contributed by atoms with Crippen molar-refractivity contribution in [3.63, 3.8) is 0 Å². The van der Waals surface area contributed by atoms with E-state index in [9.17, 15) is 9.18 Å². The lowest BCUT2D eigenvalue weighted by molar-refractivity contribution is 0.102. The first kappa shape index (κ1) is 15.1. The summed E-state index contributed by atoms with van der Waals surface area (Å²) in [6.07, 6.45) is 2.41. The minimum Gasteiger partial charge on any atom is -0.322 e. The van der Waals surface area contributed by atoms with Gasteiger partial charge in [0.1, 0.15) is 5.82 Å². The molecule has 0 aliphatic carbocycles. The van der Waals surface area contributed by atoms with Crippen LogP contribution in [0.15, 0.2) is 42.7 Å². The molecule has 2 N–H and O–H groups in total. The third-order valence-electron chi connectivity index (χ3n) is 3.15. The summed E-state index contributed by atoms with van der Waals surface area (Å²) in [5.74, 6) is -0.907. The molecule has 0 radical (unpaired) electrons. The van der Waals surface area contributed by atoms with E-state index in [1.807, 2.05) is 38.1 Å². The number of aromatic nitrogens is 1. The van der Waals surface area contributed by atoms with Crippen LogP contribution in [0.1, 0.15) is 35.8 Å². The van der Waals surface area contributed by atoms with Crippen molar-refractivity contribution in [1.29, 1.82) is 0 Å². The molecular formula is C16H18FN3O. The van der Waals surface area contributed by atoms with Crippen LogP contribution in [-0.4, -0.2) is 17.4 Å². The summed E-state index contributed by atoms with van der Waals surface area (Å²) in [6.45, 7) is 4.88. The predicted octanol–water partition coefficient (Wildman–Crippen LogP) is 3.14. The highest BCUT2D eigenvalue weighted by molar-refractivity contribution is 6.04. The van der Waals surface area contributed by atoms with E-state index in [2.05, 4.69) is 15.6 Å². The maximum Gasteiger partial charge on any atom is 0.257 e. The van der Waals surface area contributed by atoms with Gasteiger partial charge in [0.05, 0.1) is 11.8 Å². The minimum absolute atomic E-state index is 0.108. The number of amides is 1. The quantitative estimate of drug-likeness (QED) is 0.888. The van der Waals surface area contributed by atoms with Crippen molar-refractivity contribution in [1.82, 2.24) is 10.3 Å². The van der Waals surface area contributed by atoms with Crippen molar-refractivity contribution >= 4 is 11.6 Å². The molecule has 1 atom stereocenters. The van der Waals surface area contributed by atoms with Gasteiger partial charge in [-0.2, -0.15) is 0 Å². The van der Waals surface area contributed by atoms with Crippen LogP contribution in [0.25, 0.3) is 0 Å². The molecule has 1 heterocycles. The molecule has 0 spiro atoms. The average molecular weight is 287 g/mol. The lowest BCUT2D eigenvalue weighted by atomic mass is 10.1. The monoisotopic (exact) mass is 287 g/mol. The van der Waals surface area contributed by atoms with E-state index in [1.54, 1.807) is 0 Å². The third kappa shape index (κ3) is 3.86. The molecule has 0 saturated heterocycles. The lowest BCUT2D eigenvalue weighted by Gasteiger charge is -2.17. The Morgan fingerprint density at radius 2 is 2.10 bits per heavy atom. The number of pyridine rings is 1. The highest BCUT2D eigenvalue weighted by Gasteiger charge is 2.13. The van der Waals surface area contributed by atoms with Gasteiger partial charge in [0.25, 0.3) is 5.91 Å². The fraction of sp³-hybridized carbons (Fsp3) is 0.250. The molecular weight excluding hydrogens is 269 g/mol. The number of hydrogen-bond acceptors (Lipinski definition) is 3. The van der Waals surface area contributed by atoms with E-state index in [-0.39, 0.29) is 17.5 Å². The zero-order valence-corrected chi connectivity index (χ0v) is 12.1. The molecule has 4 nitrogen and oxygen atoms in total. The zero-order valence-electron chi connectivity index (χ0n) is 12.1. The third-order valence-corrected chi connectivity index (χ3v) is 3.15. The van der Waals surface area contributed by atoms with E-state index in [0.29, 0.717) is 5.69 Å². The molecule has 1 aromatic carbocycles. The maximum atomic E-state index is 13.1. The number of benzene rings is 1. The first-order chi connectivity index (χ1) is 10.1. The van der Waals surface area contributed by atoms with Crippen LogP contribution in [0.5, 0.6) is 0 Å². The number of nitrogens with zero attached hydrogens (tertiary/aromatic N) is 1. The normalized spacial score (nSPS) is 12.0. The van der Waals surface area contributed by atoms with Crippen LogP contribution in [0.3, 0.4) is 0 Å². The Balaban J connectivity index is 2.21. The smallest absolute Gasteiger partial charge is 0.257 e. The van der Waals surface area contributed by atoms with E-state index >= 15 is 0 Å². The van der Waals surface area contributed by atoms with Crippen molar-refractivity contribution in [2.24, 2.45) is 0 Å². The van der Waals surface area contributed by atoms with Gasteiger partial charge in [-0.15, -0.1) is 0 Å². The average Bonchev–Trinajstić information content (AvgIpc) is 2.48. The Morgan fingerprint density at radius 1 is 1.33 bits per heavy atom. The number of hydrogen-bond donors (Lipinski definition) is 2. The molecule has 21 heavy (non-hydrogen) atoms. The summed E-state index contributed by atoms with van der Waals surface area (Å²) in [5, 5.41) is 6.11. The van der Waals surface area contributed by atoms with Gasteiger partial charge in [-0.3, -0.25) is 9.78 Å². The standard InChI is InChI=1S/C16H18FN3O/c1-3-19-11(2)14-6-4-5-7-15(14)20-16(21)12-8-13(17)10-18-9-12/h4-11,19H,3H2,1-2H3,(H,20,21). The second kappa shape index (κ2) is 6.95. The van der Waals surface area contributed by atoms with Crippen LogP contribution in [0, 0.1) is 5.82 Å². The molecule has 0 fully saturated rings. The van der Waals surface area contributed by atoms with Gasteiger partial charge < -0.3 is 10.6 Å². The Bertz CT molecular complexity index is 630. The summed E-state index contributed by atoms with van der Waals surface area (Å²) < 4.78 is 13.1. The minimum atomic E-state index is -0.531.